The van der Waals surface area contributed by atoms with Gasteiger partial charge in [0.05, 0.1) is 0 Å². The SMILES string of the molecule is C[C@@H](Cl)CN(C)c1ccc2ccccc2c1. The maximum atomic E-state index is 6.00. The highest BCUT2D eigenvalue weighted by molar-refractivity contribution is 6.20. The van der Waals surface area contributed by atoms with Crippen molar-refractivity contribution in [3.05, 3.63) is 42.5 Å². The molecule has 0 N–H and O–H groups in total. The molecular weight excluding hydrogens is 218 g/mol. The van der Waals surface area contributed by atoms with Crippen LogP contribution in [-0.4, -0.2) is 19.0 Å². The molecule has 0 aliphatic heterocycles. The molecule has 0 aliphatic carbocycles. The summed E-state index contributed by atoms with van der Waals surface area (Å²) >= 11 is 6.00. The second kappa shape index (κ2) is 4.75. The first kappa shape index (κ1) is 11.3. The quantitative estimate of drug-likeness (QED) is 0.727. The second-order valence-electron chi connectivity index (χ2n) is 4.19. The summed E-state index contributed by atoms with van der Waals surface area (Å²) < 4.78 is 0. The molecule has 0 spiro atoms. The molecule has 2 aromatic carbocycles. The van der Waals surface area contributed by atoms with E-state index in [4.69, 9.17) is 11.6 Å². The van der Waals surface area contributed by atoms with E-state index in [1.54, 1.807) is 0 Å². The second-order valence-corrected chi connectivity index (χ2v) is 4.94. The van der Waals surface area contributed by atoms with Gasteiger partial charge in [-0.05, 0) is 29.8 Å². The average molecular weight is 234 g/mol. The van der Waals surface area contributed by atoms with Gasteiger partial charge in [-0.1, -0.05) is 30.3 Å². The van der Waals surface area contributed by atoms with Crippen molar-refractivity contribution in [3.8, 4) is 0 Å². The highest BCUT2D eigenvalue weighted by atomic mass is 35.5. The Labute approximate surface area is 102 Å². The summed E-state index contributed by atoms with van der Waals surface area (Å²) in [6.45, 7) is 2.87. The van der Waals surface area contributed by atoms with Crippen LogP contribution in [0, 0.1) is 0 Å². The Morgan fingerprint density at radius 3 is 2.50 bits per heavy atom. The number of hydrogen-bond donors (Lipinski definition) is 0. The van der Waals surface area contributed by atoms with Crippen LogP contribution in [0.3, 0.4) is 0 Å². The Kier molecular flexibility index (Phi) is 3.35. The third-order valence-corrected chi connectivity index (χ3v) is 2.84. The molecule has 0 heterocycles. The van der Waals surface area contributed by atoms with Gasteiger partial charge in [0.15, 0.2) is 0 Å². The van der Waals surface area contributed by atoms with Crippen LogP contribution in [-0.2, 0) is 0 Å². The smallest absolute Gasteiger partial charge is 0.0482 e. The molecular formula is C14H16ClN. The molecule has 0 aromatic heterocycles. The zero-order valence-electron chi connectivity index (χ0n) is 9.65. The van der Waals surface area contributed by atoms with Crippen molar-refractivity contribution in [2.24, 2.45) is 0 Å². The van der Waals surface area contributed by atoms with Gasteiger partial charge in [0, 0.05) is 24.7 Å². The lowest BCUT2D eigenvalue weighted by Gasteiger charge is -2.21. The van der Waals surface area contributed by atoms with Crippen molar-refractivity contribution < 1.29 is 0 Å². The molecule has 0 fully saturated rings. The minimum Gasteiger partial charge on any atom is -0.373 e. The fraction of sp³-hybridized carbons (Fsp3) is 0.286. The molecule has 0 amide bonds. The molecule has 0 radical (unpaired) electrons. The number of benzene rings is 2. The lowest BCUT2D eigenvalue weighted by molar-refractivity contribution is 0.860. The zero-order valence-corrected chi connectivity index (χ0v) is 10.4. The Morgan fingerprint density at radius 1 is 1.12 bits per heavy atom. The van der Waals surface area contributed by atoms with E-state index in [1.165, 1.54) is 16.5 Å². The van der Waals surface area contributed by atoms with Crippen molar-refractivity contribution in [1.29, 1.82) is 0 Å². The van der Waals surface area contributed by atoms with Gasteiger partial charge in [0.1, 0.15) is 0 Å². The predicted octanol–water partition coefficient (Wildman–Crippen LogP) is 3.90. The molecule has 0 aliphatic rings. The van der Waals surface area contributed by atoms with Crippen LogP contribution in [0.2, 0.25) is 0 Å². The van der Waals surface area contributed by atoms with Crippen LogP contribution < -0.4 is 4.90 Å². The molecule has 1 atom stereocenters. The van der Waals surface area contributed by atoms with E-state index < -0.39 is 0 Å². The number of fused-ring (bicyclic) bond motifs is 1. The average Bonchev–Trinajstić information content (AvgIpc) is 2.27. The fourth-order valence-electron chi connectivity index (χ4n) is 1.90. The van der Waals surface area contributed by atoms with Gasteiger partial charge in [0.2, 0.25) is 0 Å². The third-order valence-electron chi connectivity index (χ3n) is 2.70. The maximum Gasteiger partial charge on any atom is 0.0482 e. The highest BCUT2D eigenvalue weighted by Gasteiger charge is 2.04. The van der Waals surface area contributed by atoms with Gasteiger partial charge in [-0.2, -0.15) is 0 Å². The summed E-state index contributed by atoms with van der Waals surface area (Å²) in [6, 6.07) is 14.9. The molecule has 2 rings (SSSR count). The summed E-state index contributed by atoms with van der Waals surface area (Å²) in [5.74, 6) is 0. The van der Waals surface area contributed by atoms with Gasteiger partial charge < -0.3 is 4.90 Å². The first-order chi connectivity index (χ1) is 7.66. The Balaban J connectivity index is 2.32. The summed E-state index contributed by atoms with van der Waals surface area (Å²) in [5, 5.41) is 2.71. The lowest BCUT2D eigenvalue weighted by atomic mass is 10.1. The minimum atomic E-state index is 0.163. The van der Waals surface area contributed by atoms with Crippen molar-refractivity contribution in [2.45, 2.75) is 12.3 Å². The summed E-state index contributed by atoms with van der Waals surface area (Å²) in [7, 11) is 2.07. The van der Waals surface area contributed by atoms with Gasteiger partial charge in [-0.3, -0.25) is 0 Å². The van der Waals surface area contributed by atoms with Gasteiger partial charge in [-0.15, -0.1) is 11.6 Å². The number of nitrogens with zero attached hydrogens (tertiary/aromatic N) is 1. The molecule has 84 valence electrons. The maximum absolute atomic E-state index is 6.00. The summed E-state index contributed by atoms with van der Waals surface area (Å²) in [6.07, 6.45) is 0. The molecule has 0 unspecified atom stereocenters. The first-order valence-corrected chi connectivity index (χ1v) is 5.94. The first-order valence-electron chi connectivity index (χ1n) is 5.51. The predicted molar refractivity (Wildman–Crippen MR) is 72.5 cm³/mol. The fourth-order valence-corrected chi connectivity index (χ4v) is 2.10. The lowest BCUT2D eigenvalue weighted by Crippen LogP contribution is -2.23. The molecule has 0 saturated carbocycles. The Hall–Kier alpha value is -1.21. The zero-order chi connectivity index (χ0) is 11.5. The minimum absolute atomic E-state index is 0.163. The largest absolute Gasteiger partial charge is 0.373 e. The van der Waals surface area contributed by atoms with E-state index in [2.05, 4.69) is 54.4 Å². The van der Waals surface area contributed by atoms with E-state index in [1.807, 2.05) is 6.92 Å². The van der Waals surface area contributed by atoms with Gasteiger partial charge >= 0.3 is 0 Å². The number of alkyl halides is 1. The third kappa shape index (κ3) is 2.48. The van der Waals surface area contributed by atoms with Crippen LogP contribution in [0.1, 0.15) is 6.92 Å². The summed E-state index contributed by atoms with van der Waals surface area (Å²) in [4.78, 5) is 2.18. The monoisotopic (exact) mass is 233 g/mol. The van der Waals surface area contributed by atoms with E-state index in [0.29, 0.717) is 0 Å². The van der Waals surface area contributed by atoms with Crippen molar-refractivity contribution in [2.75, 3.05) is 18.5 Å². The van der Waals surface area contributed by atoms with Gasteiger partial charge in [-0.25, -0.2) is 0 Å². The normalized spacial score (nSPS) is 12.7. The molecule has 0 bridgehead atoms. The molecule has 1 nitrogen and oxygen atoms in total. The summed E-state index contributed by atoms with van der Waals surface area (Å²) in [5.41, 5.74) is 1.21. The highest BCUT2D eigenvalue weighted by Crippen LogP contribution is 2.21. The number of halogens is 1. The van der Waals surface area contributed by atoms with Crippen molar-refractivity contribution >= 4 is 28.1 Å². The van der Waals surface area contributed by atoms with Crippen LogP contribution in [0.4, 0.5) is 5.69 Å². The molecule has 16 heavy (non-hydrogen) atoms. The molecule has 2 heteroatoms. The number of rotatable bonds is 3. The number of anilines is 1. The van der Waals surface area contributed by atoms with E-state index in [9.17, 15) is 0 Å². The Bertz CT molecular complexity index is 479. The van der Waals surface area contributed by atoms with Crippen molar-refractivity contribution in [3.63, 3.8) is 0 Å². The van der Waals surface area contributed by atoms with Crippen LogP contribution in [0.5, 0.6) is 0 Å². The number of hydrogen-bond acceptors (Lipinski definition) is 1. The van der Waals surface area contributed by atoms with E-state index in [0.717, 1.165) is 6.54 Å². The van der Waals surface area contributed by atoms with Gasteiger partial charge in [0.25, 0.3) is 0 Å². The van der Waals surface area contributed by atoms with E-state index >= 15 is 0 Å². The molecule has 0 saturated heterocycles. The van der Waals surface area contributed by atoms with Crippen LogP contribution >= 0.6 is 11.6 Å². The van der Waals surface area contributed by atoms with Crippen LogP contribution in [0.25, 0.3) is 10.8 Å². The Morgan fingerprint density at radius 2 is 1.81 bits per heavy atom. The molecule has 2 aromatic rings. The van der Waals surface area contributed by atoms with E-state index in [-0.39, 0.29) is 5.38 Å². The standard InChI is InChI=1S/C14H16ClN/c1-11(15)10-16(2)14-8-7-12-5-3-4-6-13(12)9-14/h3-9,11H,10H2,1-2H3/t11-/m1/s1. The van der Waals surface area contributed by atoms with Crippen molar-refractivity contribution in [1.82, 2.24) is 0 Å². The van der Waals surface area contributed by atoms with Crippen LogP contribution in [0.15, 0.2) is 42.5 Å². The topological polar surface area (TPSA) is 3.24 Å².